The van der Waals surface area contributed by atoms with Crippen molar-refractivity contribution in [1.29, 1.82) is 5.26 Å². The maximum absolute atomic E-state index is 9.03. The van der Waals surface area contributed by atoms with Crippen LogP contribution in [0.3, 0.4) is 0 Å². The molecule has 0 amide bonds. The first-order valence-corrected chi connectivity index (χ1v) is 5.72. The lowest BCUT2D eigenvalue weighted by Gasteiger charge is -2.24. The molecule has 0 aromatic heterocycles. The highest BCUT2D eigenvalue weighted by Crippen LogP contribution is 2.25. The normalized spacial score (nSPS) is 16.8. The summed E-state index contributed by atoms with van der Waals surface area (Å²) in [7, 11) is 0. The Balaban J connectivity index is 2.14. The van der Waals surface area contributed by atoms with Crippen molar-refractivity contribution in [2.24, 2.45) is 0 Å². The monoisotopic (exact) mass is 236 g/mol. The van der Waals surface area contributed by atoms with Gasteiger partial charge in [0.15, 0.2) is 0 Å². The Hall–Kier alpha value is -1.24. The van der Waals surface area contributed by atoms with Crippen molar-refractivity contribution in [2.45, 2.75) is 18.9 Å². The van der Waals surface area contributed by atoms with Crippen molar-refractivity contribution in [1.82, 2.24) is 0 Å². The van der Waals surface area contributed by atoms with Gasteiger partial charge in [-0.1, -0.05) is 17.7 Å². The molecule has 1 aromatic rings. The van der Waals surface area contributed by atoms with E-state index >= 15 is 0 Å². The van der Waals surface area contributed by atoms with Gasteiger partial charge < -0.3 is 10.1 Å². The van der Waals surface area contributed by atoms with Gasteiger partial charge in [-0.3, -0.25) is 0 Å². The molecule has 0 saturated carbocycles. The number of hydrogen-bond donors (Lipinski definition) is 1. The zero-order valence-corrected chi connectivity index (χ0v) is 9.63. The van der Waals surface area contributed by atoms with Crippen LogP contribution in [0.5, 0.6) is 0 Å². The Morgan fingerprint density at radius 2 is 2.12 bits per heavy atom. The summed E-state index contributed by atoms with van der Waals surface area (Å²) in [5.74, 6) is 0. The molecule has 0 spiro atoms. The first-order chi connectivity index (χ1) is 7.81. The summed E-state index contributed by atoms with van der Waals surface area (Å²) in [5.41, 5.74) is 1.34. The van der Waals surface area contributed by atoms with Gasteiger partial charge >= 0.3 is 0 Å². The molecule has 0 aliphatic carbocycles. The Morgan fingerprint density at radius 3 is 2.81 bits per heavy atom. The van der Waals surface area contributed by atoms with Crippen molar-refractivity contribution >= 4 is 17.3 Å². The lowest BCUT2D eigenvalue weighted by Crippen LogP contribution is -2.28. The predicted octanol–water partition coefficient (Wildman–Crippen LogP) is 2.80. The molecular weight excluding hydrogens is 224 g/mol. The molecule has 1 saturated heterocycles. The van der Waals surface area contributed by atoms with Gasteiger partial charge in [0.25, 0.3) is 0 Å². The summed E-state index contributed by atoms with van der Waals surface area (Å²) < 4.78 is 5.29. The number of anilines is 1. The second-order valence-electron chi connectivity index (χ2n) is 3.81. The number of hydrogen-bond acceptors (Lipinski definition) is 3. The van der Waals surface area contributed by atoms with E-state index < -0.39 is 0 Å². The van der Waals surface area contributed by atoms with Gasteiger partial charge in [-0.25, -0.2) is 0 Å². The zero-order valence-electron chi connectivity index (χ0n) is 8.87. The van der Waals surface area contributed by atoms with Crippen LogP contribution in [0, 0.1) is 11.3 Å². The van der Waals surface area contributed by atoms with Crippen LogP contribution in [0.15, 0.2) is 18.2 Å². The first-order valence-electron chi connectivity index (χ1n) is 5.34. The molecule has 1 fully saturated rings. The second-order valence-corrected chi connectivity index (χ2v) is 4.21. The minimum Gasteiger partial charge on any atom is -0.381 e. The predicted molar refractivity (Wildman–Crippen MR) is 63.6 cm³/mol. The van der Waals surface area contributed by atoms with E-state index in [1.54, 1.807) is 6.07 Å². The van der Waals surface area contributed by atoms with E-state index in [4.69, 9.17) is 21.6 Å². The highest BCUT2D eigenvalue weighted by molar-refractivity contribution is 6.32. The second kappa shape index (κ2) is 5.20. The van der Waals surface area contributed by atoms with Gasteiger partial charge in [-0.2, -0.15) is 5.26 Å². The minimum absolute atomic E-state index is 0.374. The average Bonchev–Trinajstić information content (AvgIpc) is 2.31. The Kier molecular flexibility index (Phi) is 3.66. The molecule has 1 aromatic carbocycles. The molecule has 3 nitrogen and oxygen atoms in total. The van der Waals surface area contributed by atoms with Crippen molar-refractivity contribution in [3.63, 3.8) is 0 Å². The van der Waals surface area contributed by atoms with Gasteiger partial charge in [0, 0.05) is 19.3 Å². The Morgan fingerprint density at radius 1 is 1.38 bits per heavy atom. The van der Waals surface area contributed by atoms with E-state index in [0.29, 0.717) is 16.6 Å². The van der Waals surface area contributed by atoms with Gasteiger partial charge in [0.1, 0.15) is 6.07 Å². The molecule has 4 heteroatoms. The highest BCUT2D eigenvalue weighted by Gasteiger charge is 2.15. The Bertz CT molecular complexity index is 408. The topological polar surface area (TPSA) is 45.0 Å². The van der Waals surface area contributed by atoms with Gasteiger partial charge in [0.05, 0.1) is 16.3 Å². The quantitative estimate of drug-likeness (QED) is 0.859. The van der Waals surface area contributed by atoms with Crippen molar-refractivity contribution in [3.8, 4) is 6.07 Å². The summed E-state index contributed by atoms with van der Waals surface area (Å²) in [4.78, 5) is 0. The number of nitrogens with zero attached hydrogens (tertiary/aromatic N) is 1. The van der Waals surface area contributed by atoms with E-state index in [1.807, 2.05) is 12.1 Å². The summed E-state index contributed by atoms with van der Waals surface area (Å²) in [6.45, 7) is 1.56. The fraction of sp³-hybridized carbons (Fsp3) is 0.417. The lowest BCUT2D eigenvalue weighted by atomic mass is 10.1. The van der Waals surface area contributed by atoms with E-state index in [1.165, 1.54) is 0 Å². The van der Waals surface area contributed by atoms with Crippen LogP contribution in [0.25, 0.3) is 0 Å². The van der Waals surface area contributed by atoms with Crippen LogP contribution < -0.4 is 5.32 Å². The van der Waals surface area contributed by atoms with Crippen LogP contribution in [-0.4, -0.2) is 19.3 Å². The van der Waals surface area contributed by atoms with E-state index in [-0.39, 0.29) is 0 Å². The maximum atomic E-state index is 9.03. The van der Waals surface area contributed by atoms with Crippen LogP contribution in [0.2, 0.25) is 5.02 Å². The lowest BCUT2D eigenvalue weighted by molar-refractivity contribution is 0.0904. The number of halogens is 1. The number of nitrogens with one attached hydrogen (secondary N) is 1. The van der Waals surface area contributed by atoms with Gasteiger partial charge in [-0.05, 0) is 25.0 Å². The molecule has 0 unspecified atom stereocenters. The molecule has 1 heterocycles. The number of ether oxygens (including phenoxy) is 1. The van der Waals surface area contributed by atoms with Crippen LogP contribution >= 0.6 is 11.6 Å². The molecule has 84 valence electrons. The molecule has 1 aliphatic rings. The maximum Gasteiger partial charge on any atom is 0.103 e. The third kappa shape index (κ3) is 2.46. The van der Waals surface area contributed by atoms with Crippen molar-refractivity contribution in [2.75, 3.05) is 18.5 Å². The van der Waals surface area contributed by atoms with Crippen LogP contribution in [0.4, 0.5) is 5.69 Å². The van der Waals surface area contributed by atoms with E-state index in [9.17, 15) is 0 Å². The largest absolute Gasteiger partial charge is 0.381 e. The average molecular weight is 237 g/mol. The third-order valence-electron chi connectivity index (χ3n) is 2.71. The molecule has 0 radical (unpaired) electrons. The number of rotatable bonds is 2. The fourth-order valence-electron chi connectivity index (χ4n) is 1.82. The summed E-state index contributed by atoms with van der Waals surface area (Å²) >= 11 is 5.96. The zero-order chi connectivity index (χ0) is 11.4. The molecule has 0 atom stereocenters. The first kappa shape index (κ1) is 11.3. The number of benzene rings is 1. The van der Waals surface area contributed by atoms with Gasteiger partial charge in [0.2, 0.25) is 0 Å². The standard InChI is InChI=1S/C12H13ClN2O/c13-11-2-1-3-12(10(11)8-14)15-9-4-6-16-7-5-9/h1-3,9,15H,4-7H2. The van der Waals surface area contributed by atoms with E-state index in [0.717, 1.165) is 31.7 Å². The smallest absolute Gasteiger partial charge is 0.103 e. The van der Waals surface area contributed by atoms with Crippen molar-refractivity contribution in [3.05, 3.63) is 28.8 Å². The number of nitriles is 1. The summed E-state index contributed by atoms with van der Waals surface area (Å²) in [5, 5.41) is 12.9. The minimum atomic E-state index is 0.374. The summed E-state index contributed by atoms with van der Waals surface area (Å²) in [6, 6.07) is 7.97. The molecule has 1 N–H and O–H groups in total. The van der Waals surface area contributed by atoms with Crippen LogP contribution in [0.1, 0.15) is 18.4 Å². The van der Waals surface area contributed by atoms with Crippen LogP contribution in [-0.2, 0) is 4.74 Å². The molecule has 2 rings (SSSR count). The van der Waals surface area contributed by atoms with E-state index in [2.05, 4.69) is 11.4 Å². The van der Waals surface area contributed by atoms with Crippen molar-refractivity contribution < 1.29 is 4.74 Å². The fourth-order valence-corrected chi connectivity index (χ4v) is 2.04. The molecular formula is C12H13ClN2O. The summed E-state index contributed by atoms with van der Waals surface area (Å²) in [6.07, 6.45) is 1.94. The molecule has 0 bridgehead atoms. The SMILES string of the molecule is N#Cc1c(Cl)cccc1NC1CCOCC1. The highest BCUT2D eigenvalue weighted by atomic mass is 35.5. The third-order valence-corrected chi connectivity index (χ3v) is 3.02. The molecule has 1 aliphatic heterocycles. The molecule has 16 heavy (non-hydrogen) atoms. The van der Waals surface area contributed by atoms with Gasteiger partial charge in [-0.15, -0.1) is 0 Å². The Labute approximate surface area is 100.0 Å².